The standard InChI is InChI=1S/C12H14N2O3/c1-16-9-3-4-10(11(5-9)17-2)12-13-6-8(7-15)14-12/h3-6,15H,7H2,1-2H3,(H,13,14). The van der Waals surface area contributed by atoms with Gasteiger partial charge in [-0.2, -0.15) is 0 Å². The van der Waals surface area contributed by atoms with Crippen LogP contribution in [0, 0.1) is 0 Å². The van der Waals surface area contributed by atoms with Crippen molar-refractivity contribution >= 4 is 0 Å². The van der Waals surface area contributed by atoms with E-state index in [0.29, 0.717) is 17.3 Å². The molecule has 2 rings (SSSR count). The lowest BCUT2D eigenvalue weighted by Gasteiger charge is -2.08. The number of benzene rings is 1. The summed E-state index contributed by atoms with van der Waals surface area (Å²) in [5.41, 5.74) is 1.49. The number of aromatic amines is 1. The van der Waals surface area contributed by atoms with E-state index in [1.165, 1.54) is 0 Å². The van der Waals surface area contributed by atoms with Gasteiger partial charge in [-0.25, -0.2) is 4.98 Å². The van der Waals surface area contributed by atoms with Crippen molar-refractivity contribution in [3.8, 4) is 22.9 Å². The summed E-state index contributed by atoms with van der Waals surface area (Å²) in [6.45, 7) is -0.0640. The molecule has 0 spiro atoms. The second-order valence-electron chi connectivity index (χ2n) is 3.48. The first-order chi connectivity index (χ1) is 8.28. The number of hydrogen-bond acceptors (Lipinski definition) is 4. The van der Waals surface area contributed by atoms with Gasteiger partial charge < -0.3 is 19.6 Å². The van der Waals surface area contributed by atoms with E-state index in [1.807, 2.05) is 12.1 Å². The van der Waals surface area contributed by atoms with Crippen molar-refractivity contribution < 1.29 is 14.6 Å². The lowest BCUT2D eigenvalue weighted by atomic mass is 10.2. The second kappa shape index (κ2) is 4.88. The number of aromatic nitrogens is 2. The first-order valence-corrected chi connectivity index (χ1v) is 5.15. The fourth-order valence-corrected chi connectivity index (χ4v) is 1.57. The molecule has 1 aromatic carbocycles. The summed E-state index contributed by atoms with van der Waals surface area (Å²) in [7, 11) is 3.19. The van der Waals surface area contributed by atoms with Gasteiger partial charge in [-0.1, -0.05) is 0 Å². The second-order valence-corrected chi connectivity index (χ2v) is 3.48. The van der Waals surface area contributed by atoms with Gasteiger partial charge in [-0.05, 0) is 12.1 Å². The lowest BCUT2D eigenvalue weighted by molar-refractivity contribution is 0.277. The maximum atomic E-state index is 8.98. The van der Waals surface area contributed by atoms with Crippen LogP contribution in [0.25, 0.3) is 11.4 Å². The van der Waals surface area contributed by atoms with E-state index in [-0.39, 0.29) is 6.61 Å². The number of imidazole rings is 1. The largest absolute Gasteiger partial charge is 0.497 e. The summed E-state index contributed by atoms with van der Waals surface area (Å²) in [6, 6.07) is 5.48. The maximum Gasteiger partial charge on any atom is 0.141 e. The minimum Gasteiger partial charge on any atom is -0.497 e. The molecule has 0 saturated heterocycles. The summed E-state index contributed by atoms with van der Waals surface area (Å²) >= 11 is 0. The predicted octanol–water partition coefficient (Wildman–Crippen LogP) is 1.59. The highest BCUT2D eigenvalue weighted by molar-refractivity contribution is 5.66. The molecule has 0 aliphatic carbocycles. The van der Waals surface area contributed by atoms with Crippen molar-refractivity contribution in [1.29, 1.82) is 0 Å². The molecule has 5 heteroatoms. The van der Waals surface area contributed by atoms with Crippen molar-refractivity contribution in [2.45, 2.75) is 6.61 Å². The molecule has 2 aromatic rings. The Bertz CT molecular complexity index is 508. The number of ether oxygens (including phenoxy) is 2. The average Bonchev–Trinajstić information content (AvgIpc) is 2.86. The SMILES string of the molecule is COc1ccc(-c2ncc(CO)[nH]2)c(OC)c1. The van der Waals surface area contributed by atoms with E-state index in [1.54, 1.807) is 26.5 Å². The van der Waals surface area contributed by atoms with E-state index in [4.69, 9.17) is 14.6 Å². The van der Waals surface area contributed by atoms with E-state index >= 15 is 0 Å². The highest BCUT2D eigenvalue weighted by Gasteiger charge is 2.10. The van der Waals surface area contributed by atoms with Crippen LogP contribution in [0.2, 0.25) is 0 Å². The number of nitrogens with zero attached hydrogens (tertiary/aromatic N) is 1. The van der Waals surface area contributed by atoms with E-state index < -0.39 is 0 Å². The van der Waals surface area contributed by atoms with Crippen LogP contribution < -0.4 is 9.47 Å². The number of methoxy groups -OCH3 is 2. The summed E-state index contributed by atoms with van der Waals surface area (Å²) in [5, 5.41) is 8.98. The fraction of sp³-hybridized carbons (Fsp3) is 0.250. The van der Waals surface area contributed by atoms with Crippen LogP contribution in [0.3, 0.4) is 0 Å². The topological polar surface area (TPSA) is 67.4 Å². The van der Waals surface area contributed by atoms with Gasteiger partial charge in [-0.3, -0.25) is 0 Å². The number of hydrogen-bond donors (Lipinski definition) is 2. The Balaban J connectivity index is 2.43. The smallest absolute Gasteiger partial charge is 0.141 e. The highest BCUT2D eigenvalue weighted by Crippen LogP contribution is 2.31. The summed E-state index contributed by atoms with van der Waals surface area (Å²) in [6.07, 6.45) is 1.60. The molecule has 0 fully saturated rings. The zero-order valence-corrected chi connectivity index (χ0v) is 9.73. The number of rotatable bonds is 4. The number of aliphatic hydroxyl groups excluding tert-OH is 1. The van der Waals surface area contributed by atoms with Crippen molar-refractivity contribution in [1.82, 2.24) is 9.97 Å². The van der Waals surface area contributed by atoms with Gasteiger partial charge in [0.15, 0.2) is 0 Å². The predicted molar refractivity (Wildman–Crippen MR) is 63.1 cm³/mol. The molecule has 1 heterocycles. The van der Waals surface area contributed by atoms with E-state index in [0.717, 1.165) is 11.3 Å². The molecular weight excluding hydrogens is 220 g/mol. The molecule has 0 atom stereocenters. The van der Waals surface area contributed by atoms with Crippen LogP contribution in [0.1, 0.15) is 5.69 Å². The van der Waals surface area contributed by atoms with Crippen LogP contribution in [0.15, 0.2) is 24.4 Å². The molecule has 0 saturated carbocycles. The molecular formula is C12H14N2O3. The Morgan fingerprint density at radius 2 is 2.12 bits per heavy atom. The third-order valence-electron chi connectivity index (χ3n) is 2.46. The summed E-state index contributed by atoms with van der Waals surface area (Å²) in [4.78, 5) is 7.19. The highest BCUT2D eigenvalue weighted by atomic mass is 16.5. The molecule has 2 N–H and O–H groups in total. The zero-order chi connectivity index (χ0) is 12.3. The molecule has 17 heavy (non-hydrogen) atoms. The van der Waals surface area contributed by atoms with Crippen molar-refractivity contribution in [2.75, 3.05) is 14.2 Å². The van der Waals surface area contributed by atoms with Crippen LogP contribution in [0.5, 0.6) is 11.5 Å². The number of nitrogens with one attached hydrogen (secondary N) is 1. The van der Waals surface area contributed by atoms with Gasteiger partial charge in [0.1, 0.15) is 17.3 Å². The fourth-order valence-electron chi connectivity index (χ4n) is 1.57. The third-order valence-corrected chi connectivity index (χ3v) is 2.46. The van der Waals surface area contributed by atoms with E-state index in [9.17, 15) is 0 Å². The van der Waals surface area contributed by atoms with Crippen LogP contribution in [-0.2, 0) is 6.61 Å². The zero-order valence-electron chi connectivity index (χ0n) is 9.73. The Morgan fingerprint density at radius 1 is 1.29 bits per heavy atom. The molecule has 5 nitrogen and oxygen atoms in total. The van der Waals surface area contributed by atoms with Crippen molar-refractivity contribution in [3.05, 3.63) is 30.1 Å². The van der Waals surface area contributed by atoms with Gasteiger partial charge in [0.25, 0.3) is 0 Å². The number of aliphatic hydroxyl groups is 1. The molecule has 1 aromatic heterocycles. The summed E-state index contributed by atoms with van der Waals surface area (Å²) < 4.78 is 10.4. The van der Waals surface area contributed by atoms with E-state index in [2.05, 4.69) is 9.97 Å². The molecule has 0 bridgehead atoms. The normalized spacial score (nSPS) is 10.3. The Hall–Kier alpha value is -2.01. The molecule has 0 unspecified atom stereocenters. The quantitative estimate of drug-likeness (QED) is 0.843. The monoisotopic (exact) mass is 234 g/mol. The van der Waals surface area contributed by atoms with Gasteiger partial charge in [0.2, 0.25) is 0 Å². The van der Waals surface area contributed by atoms with Crippen LogP contribution >= 0.6 is 0 Å². The molecule has 0 aliphatic heterocycles. The van der Waals surface area contributed by atoms with Gasteiger partial charge in [0.05, 0.1) is 38.3 Å². The Labute approximate surface area is 99.0 Å². The van der Waals surface area contributed by atoms with Crippen molar-refractivity contribution in [3.63, 3.8) is 0 Å². The first-order valence-electron chi connectivity index (χ1n) is 5.15. The maximum absolute atomic E-state index is 8.98. The minimum atomic E-state index is -0.0640. The van der Waals surface area contributed by atoms with Crippen LogP contribution in [0.4, 0.5) is 0 Å². The molecule has 0 radical (unpaired) electrons. The molecule has 0 aliphatic rings. The van der Waals surface area contributed by atoms with Crippen molar-refractivity contribution in [2.24, 2.45) is 0 Å². The molecule has 90 valence electrons. The molecule has 0 amide bonds. The summed E-state index contributed by atoms with van der Waals surface area (Å²) in [5.74, 6) is 2.05. The van der Waals surface area contributed by atoms with Gasteiger partial charge in [-0.15, -0.1) is 0 Å². The Morgan fingerprint density at radius 3 is 2.71 bits per heavy atom. The minimum absolute atomic E-state index is 0.0640. The average molecular weight is 234 g/mol. The first kappa shape index (κ1) is 11.5. The number of H-pyrrole nitrogens is 1. The van der Waals surface area contributed by atoms with Gasteiger partial charge in [0, 0.05) is 6.07 Å². The lowest BCUT2D eigenvalue weighted by Crippen LogP contribution is -1.91. The Kier molecular flexibility index (Phi) is 3.30. The van der Waals surface area contributed by atoms with Crippen LogP contribution in [-0.4, -0.2) is 29.3 Å². The van der Waals surface area contributed by atoms with Gasteiger partial charge >= 0.3 is 0 Å². The third kappa shape index (κ3) is 2.24.